The van der Waals surface area contributed by atoms with Crippen molar-refractivity contribution in [3.63, 3.8) is 0 Å². The van der Waals surface area contributed by atoms with Crippen molar-refractivity contribution in [2.45, 2.75) is 38.6 Å². The highest BCUT2D eigenvalue weighted by atomic mass is 35.5. The molecule has 0 amide bonds. The molecule has 1 aromatic carbocycles. The zero-order chi connectivity index (χ0) is 10.7. The van der Waals surface area contributed by atoms with E-state index in [1.807, 2.05) is 24.3 Å². The Hall–Kier alpha value is -0.690. The van der Waals surface area contributed by atoms with Crippen molar-refractivity contribution in [1.29, 1.82) is 0 Å². The number of benzene rings is 1. The molecule has 1 N–H and O–H groups in total. The van der Waals surface area contributed by atoms with Gasteiger partial charge in [-0.1, -0.05) is 30.9 Å². The van der Waals surface area contributed by atoms with Crippen LogP contribution in [-0.4, -0.2) is 6.04 Å². The van der Waals surface area contributed by atoms with Crippen molar-refractivity contribution in [1.82, 2.24) is 0 Å². The molecule has 1 unspecified atom stereocenters. The average Bonchev–Trinajstić information content (AvgIpc) is 2.16. The first-order valence-corrected chi connectivity index (χ1v) is 6.14. The Balaban J connectivity index is 1.82. The van der Waals surface area contributed by atoms with Crippen LogP contribution in [0.4, 0.5) is 5.69 Å². The minimum Gasteiger partial charge on any atom is -0.383 e. The zero-order valence-electron chi connectivity index (χ0n) is 9.17. The van der Waals surface area contributed by atoms with E-state index in [9.17, 15) is 0 Å². The van der Waals surface area contributed by atoms with Gasteiger partial charge in [-0.05, 0) is 43.5 Å². The van der Waals surface area contributed by atoms with Gasteiger partial charge in [-0.25, -0.2) is 0 Å². The highest BCUT2D eigenvalue weighted by Gasteiger charge is 2.19. The summed E-state index contributed by atoms with van der Waals surface area (Å²) in [5, 5.41) is 4.31. The van der Waals surface area contributed by atoms with Crippen molar-refractivity contribution < 1.29 is 0 Å². The van der Waals surface area contributed by atoms with Gasteiger partial charge in [0, 0.05) is 16.8 Å². The van der Waals surface area contributed by atoms with Gasteiger partial charge in [0.25, 0.3) is 0 Å². The summed E-state index contributed by atoms with van der Waals surface area (Å²) in [5.41, 5.74) is 1.17. The lowest BCUT2D eigenvalue weighted by molar-refractivity contribution is 0.286. The minimum absolute atomic E-state index is 0.566. The molecule has 0 aliphatic heterocycles. The summed E-state index contributed by atoms with van der Waals surface area (Å²) in [6.45, 7) is 2.26. The third kappa shape index (κ3) is 3.13. The van der Waals surface area contributed by atoms with Gasteiger partial charge in [0.1, 0.15) is 0 Å². The molecule has 2 rings (SSSR count). The molecule has 0 radical (unpaired) electrons. The number of hydrogen-bond acceptors (Lipinski definition) is 1. The number of hydrogen-bond donors (Lipinski definition) is 1. The van der Waals surface area contributed by atoms with E-state index < -0.39 is 0 Å². The van der Waals surface area contributed by atoms with Crippen molar-refractivity contribution in [3.8, 4) is 0 Å². The van der Waals surface area contributed by atoms with Crippen LogP contribution in [0.3, 0.4) is 0 Å². The molecular weight excluding hydrogens is 206 g/mol. The van der Waals surface area contributed by atoms with Crippen molar-refractivity contribution in [2.75, 3.05) is 5.32 Å². The lowest BCUT2D eigenvalue weighted by Crippen LogP contribution is -2.23. The van der Waals surface area contributed by atoms with Gasteiger partial charge in [0.05, 0.1) is 0 Å². The summed E-state index contributed by atoms with van der Waals surface area (Å²) in [7, 11) is 0. The van der Waals surface area contributed by atoms with Crippen LogP contribution in [0.2, 0.25) is 5.02 Å². The molecule has 2 heteroatoms. The summed E-state index contributed by atoms with van der Waals surface area (Å²) in [5.74, 6) is 0.958. The maximum atomic E-state index is 5.84. The molecule has 0 aromatic heterocycles. The Morgan fingerprint density at radius 2 is 2.00 bits per heavy atom. The van der Waals surface area contributed by atoms with Crippen molar-refractivity contribution in [2.24, 2.45) is 5.92 Å². The van der Waals surface area contributed by atoms with E-state index in [1.165, 1.54) is 31.4 Å². The smallest absolute Gasteiger partial charge is 0.0407 e. The van der Waals surface area contributed by atoms with Gasteiger partial charge in [-0.2, -0.15) is 0 Å². The predicted octanol–water partition coefficient (Wildman–Crippen LogP) is 4.33. The standard InChI is InChI=1S/C13H18ClN/c1-10(9-11-3-2-4-11)15-13-7-5-12(14)6-8-13/h5-8,10-11,15H,2-4,9H2,1H3. The van der Waals surface area contributed by atoms with Gasteiger partial charge in [0.15, 0.2) is 0 Å². The van der Waals surface area contributed by atoms with Gasteiger partial charge >= 0.3 is 0 Å². The SMILES string of the molecule is CC(CC1CCC1)Nc1ccc(Cl)cc1. The van der Waals surface area contributed by atoms with Crippen LogP contribution >= 0.6 is 11.6 Å². The zero-order valence-corrected chi connectivity index (χ0v) is 9.93. The maximum absolute atomic E-state index is 5.84. The van der Waals surface area contributed by atoms with Crippen LogP contribution in [0.5, 0.6) is 0 Å². The molecule has 0 heterocycles. The van der Waals surface area contributed by atoms with E-state index in [1.54, 1.807) is 0 Å². The monoisotopic (exact) mass is 223 g/mol. The fourth-order valence-electron chi connectivity index (χ4n) is 2.12. The molecule has 82 valence electrons. The first kappa shape index (κ1) is 10.8. The lowest BCUT2D eigenvalue weighted by Gasteiger charge is -2.28. The minimum atomic E-state index is 0.566. The Kier molecular flexibility index (Phi) is 3.53. The van der Waals surface area contributed by atoms with E-state index in [4.69, 9.17) is 11.6 Å². The Bertz CT molecular complexity index is 303. The Morgan fingerprint density at radius 1 is 1.33 bits per heavy atom. The highest BCUT2D eigenvalue weighted by Crippen LogP contribution is 2.31. The molecule has 1 saturated carbocycles. The molecule has 1 aliphatic carbocycles. The van der Waals surface area contributed by atoms with Crippen LogP contribution in [0.1, 0.15) is 32.6 Å². The number of anilines is 1. The number of nitrogens with one attached hydrogen (secondary N) is 1. The molecule has 1 fully saturated rings. The van der Waals surface area contributed by atoms with E-state index in [-0.39, 0.29) is 0 Å². The van der Waals surface area contributed by atoms with E-state index >= 15 is 0 Å². The van der Waals surface area contributed by atoms with E-state index in [0.717, 1.165) is 10.9 Å². The highest BCUT2D eigenvalue weighted by molar-refractivity contribution is 6.30. The fraction of sp³-hybridized carbons (Fsp3) is 0.538. The molecule has 1 nitrogen and oxygen atoms in total. The quantitative estimate of drug-likeness (QED) is 0.801. The van der Waals surface area contributed by atoms with Gasteiger partial charge < -0.3 is 5.32 Å². The van der Waals surface area contributed by atoms with Crippen LogP contribution in [0.25, 0.3) is 0 Å². The molecular formula is C13H18ClN. The first-order valence-electron chi connectivity index (χ1n) is 5.76. The second-order valence-electron chi connectivity index (χ2n) is 4.58. The topological polar surface area (TPSA) is 12.0 Å². The predicted molar refractivity (Wildman–Crippen MR) is 66.5 cm³/mol. The van der Waals surface area contributed by atoms with E-state index in [2.05, 4.69) is 12.2 Å². The summed E-state index contributed by atoms with van der Waals surface area (Å²) in [4.78, 5) is 0. The molecule has 0 spiro atoms. The second kappa shape index (κ2) is 4.89. The molecule has 1 aliphatic rings. The Labute approximate surface area is 96.8 Å². The average molecular weight is 224 g/mol. The summed E-state index contributed by atoms with van der Waals surface area (Å²) in [6, 6.07) is 8.51. The van der Waals surface area contributed by atoms with Crippen molar-refractivity contribution in [3.05, 3.63) is 29.3 Å². The van der Waals surface area contributed by atoms with Gasteiger partial charge in [-0.3, -0.25) is 0 Å². The third-order valence-electron chi connectivity index (χ3n) is 3.17. The molecule has 1 aromatic rings. The van der Waals surface area contributed by atoms with Gasteiger partial charge in [0.2, 0.25) is 0 Å². The molecule has 1 atom stereocenters. The van der Waals surface area contributed by atoms with Crippen LogP contribution in [0, 0.1) is 5.92 Å². The Morgan fingerprint density at radius 3 is 2.53 bits per heavy atom. The van der Waals surface area contributed by atoms with Crippen molar-refractivity contribution >= 4 is 17.3 Å². The number of halogens is 1. The normalized spacial score (nSPS) is 18.3. The third-order valence-corrected chi connectivity index (χ3v) is 3.42. The van der Waals surface area contributed by atoms with Gasteiger partial charge in [-0.15, -0.1) is 0 Å². The van der Waals surface area contributed by atoms with Crippen LogP contribution in [0.15, 0.2) is 24.3 Å². The lowest BCUT2D eigenvalue weighted by atomic mass is 9.81. The van der Waals surface area contributed by atoms with E-state index in [0.29, 0.717) is 6.04 Å². The number of rotatable bonds is 4. The molecule has 0 bridgehead atoms. The largest absolute Gasteiger partial charge is 0.383 e. The summed E-state index contributed by atoms with van der Waals surface area (Å²) < 4.78 is 0. The first-order chi connectivity index (χ1) is 7.24. The van der Waals surface area contributed by atoms with Crippen LogP contribution < -0.4 is 5.32 Å². The summed E-state index contributed by atoms with van der Waals surface area (Å²) >= 11 is 5.84. The molecule has 0 saturated heterocycles. The second-order valence-corrected chi connectivity index (χ2v) is 5.02. The van der Waals surface area contributed by atoms with Crippen LogP contribution in [-0.2, 0) is 0 Å². The maximum Gasteiger partial charge on any atom is 0.0407 e. The summed E-state index contributed by atoms with van der Waals surface area (Å²) in [6.07, 6.45) is 5.57. The molecule has 15 heavy (non-hydrogen) atoms. The fourth-order valence-corrected chi connectivity index (χ4v) is 2.24.